The lowest BCUT2D eigenvalue weighted by Crippen LogP contribution is -2.50. The zero-order chi connectivity index (χ0) is 9.84. The molecule has 0 aromatic heterocycles. The summed E-state index contributed by atoms with van der Waals surface area (Å²) in [6.45, 7) is 7.26. The molecule has 2 unspecified atom stereocenters. The van der Waals surface area contributed by atoms with Gasteiger partial charge in [-0.3, -0.25) is 4.99 Å². The standard InChI is InChI=1S/C10H21N3/c1-4-12-10(11)13-8(2)6-5-7-9(13)3/h8-9H,4-7H2,1-3H3,(H2,11,12). The Morgan fingerprint density at radius 3 is 2.38 bits per heavy atom. The van der Waals surface area contributed by atoms with E-state index < -0.39 is 0 Å². The fourth-order valence-electron chi connectivity index (χ4n) is 2.12. The van der Waals surface area contributed by atoms with Crippen molar-refractivity contribution in [1.82, 2.24) is 4.90 Å². The largest absolute Gasteiger partial charge is 0.370 e. The third-order valence-electron chi connectivity index (χ3n) is 2.78. The van der Waals surface area contributed by atoms with Crippen LogP contribution in [-0.2, 0) is 0 Å². The predicted molar refractivity (Wildman–Crippen MR) is 56.8 cm³/mol. The van der Waals surface area contributed by atoms with Gasteiger partial charge in [0.15, 0.2) is 5.96 Å². The van der Waals surface area contributed by atoms with E-state index in [1.165, 1.54) is 19.3 Å². The molecule has 2 atom stereocenters. The van der Waals surface area contributed by atoms with E-state index in [0.29, 0.717) is 12.1 Å². The van der Waals surface area contributed by atoms with Crippen LogP contribution in [0.5, 0.6) is 0 Å². The Balaban J connectivity index is 2.68. The van der Waals surface area contributed by atoms with Crippen LogP contribution < -0.4 is 5.73 Å². The Kier molecular flexibility index (Phi) is 3.58. The molecular formula is C10H21N3. The summed E-state index contributed by atoms with van der Waals surface area (Å²) < 4.78 is 0. The molecule has 0 aliphatic carbocycles. The number of hydrogen-bond donors (Lipinski definition) is 1. The Morgan fingerprint density at radius 2 is 1.92 bits per heavy atom. The summed E-state index contributed by atoms with van der Waals surface area (Å²) in [5.74, 6) is 0.724. The first kappa shape index (κ1) is 10.4. The number of nitrogens with two attached hydrogens (primary N) is 1. The van der Waals surface area contributed by atoms with Crippen molar-refractivity contribution in [1.29, 1.82) is 0 Å². The van der Waals surface area contributed by atoms with Crippen molar-refractivity contribution in [2.24, 2.45) is 10.7 Å². The van der Waals surface area contributed by atoms with Gasteiger partial charge in [-0.2, -0.15) is 0 Å². The Hall–Kier alpha value is -0.730. The summed E-state index contributed by atoms with van der Waals surface area (Å²) >= 11 is 0. The molecule has 1 aliphatic rings. The monoisotopic (exact) mass is 183 g/mol. The SMILES string of the molecule is CCN=C(N)N1C(C)CCCC1C. The highest BCUT2D eigenvalue weighted by molar-refractivity contribution is 5.78. The van der Waals surface area contributed by atoms with Crippen LogP contribution in [0.2, 0.25) is 0 Å². The summed E-state index contributed by atoms with van der Waals surface area (Å²) in [7, 11) is 0. The molecule has 1 fully saturated rings. The maximum Gasteiger partial charge on any atom is 0.191 e. The van der Waals surface area contributed by atoms with Crippen LogP contribution in [0.15, 0.2) is 4.99 Å². The molecule has 1 aliphatic heterocycles. The lowest BCUT2D eigenvalue weighted by molar-refractivity contribution is 0.189. The molecule has 0 bridgehead atoms. The zero-order valence-electron chi connectivity index (χ0n) is 8.95. The van der Waals surface area contributed by atoms with Gasteiger partial charge in [-0.25, -0.2) is 0 Å². The Morgan fingerprint density at radius 1 is 1.38 bits per heavy atom. The van der Waals surface area contributed by atoms with Crippen LogP contribution in [0.4, 0.5) is 0 Å². The third-order valence-corrected chi connectivity index (χ3v) is 2.78. The van der Waals surface area contributed by atoms with Gasteiger partial charge < -0.3 is 10.6 Å². The molecule has 76 valence electrons. The first-order chi connectivity index (χ1) is 6.16. The van der Waals surface area contributed by atoms with Gasteiger partial charge in [-0.15, -0.1) is 0 Å². The molecule has 2 N–H and O–H groups in total. The first-order valence-electron chi connectivity index (χ1n) is 5.25. The van der Waals surface area contributed by atoms with Crippen molar-refractivity contribution < 1.29 is 0 Å². The highest BCUT2D eigenvalue weighted by Gasteiger charge is 2.25. The number of piperidine rings is 1. The van der Waals surface area contributed by atoms with Crippen molar-refractivity contribution >= 4 is 5.96 Å². The van der Waals surface area contributed by atoms with E-state index in [4.69, 9.17) is 5.73 Å². The third kappa shape index (κ3) is 2.36. The highest BCUT2D eigenvalue weighted by Crippen LogP contribution is 2.21. The minimum Gasteiger partial charge on any atom is -0.370 e. The van der Waals surface area contributed by atoms with E-state index in [2.05, 4.69) is 23.7 Å². The molecule has 0 radical (unpaired) electrons. The molecule has 1 saturated heterocycles. The maximum absolute atomic E-state index is 5.92. The number of hydrogen-bond acceptors (Lipinski definition) is 1. The molecule has 0 aromatic carbocycles. The maximum atomic E-state index is 5.92. The first-order valence-corrected chi connectivity index (χ1v) is 5.25. The Labute approximate surface area is 81.0 Å². The van der Waals surface area contributed by atoms with Crippen molar-refractivity contribution in [2.75, 3.05) is 6.54 Å². The molecule has 3 nitrogen and oxygen atoms in total. The van der Waals surface area contributed by atoms with Crippen molar-refractivity contribution in [3.63, 3.8) is 0 Å². The van der Waals surface area contributed by atoms with Crippen LogP contribution >= 0.6 is 0 Å². The van der Waals surface area contributed by atoms with Gasteiger partial charge in [-0.1, -0.05) is 0 Å². The molecule has 1 heterocycles. The van der Waals surface area contributed by atoms with Gasteiger partial charge in [0.1, 0.15) is 0 Å². The number of guanidine groups is 1. The summed E-state index contributed by atoms with van der Waals surface area (Å²) in [6, 6.07) is 1.11. The van der Waals surface area contributed by atoms with E-state index in [1.807, 2.05) is 6.92 Å². The van der Waals surface area contributed by atoms with E-state index in [9.17, 15) is 0 Å². The molecule has 0 amide bonds. The molecule has 0 saturated carbocycles. The molecule has 0 aromatic rings. The highest BCUT2D eigenvalue weighted by atomic mass is 15.3. The second-order valence-corrected chi connectivity index (χ2v) is 3.87. The summed E-state index contributed by atoms with van der Waals surface area (Å²) in [6.07, 6.45) is 3.80. The van der Waals surface area contributed by atoms with Crippen LogP contribution in [0.25, 0.3) is 0 Å². The van der Waals surface area contributed by atoms with E-state index in [1.54, 1.807) is 0 Å². The minimum absolute atomic E-state index is 0.555. The van der Waals surface area contributed by atoms with Crippen molar-refractivity contribution in [3.05, 3.63) is 0 Å². The van der Waals surface area contributed by atoms with Gasteiger partial charge in [0, 0.05) is 18.6 Å². The summed E-state index contributed by atoms with van der Waals surface area (Å²) in [5, 5.41) is 0. The fourth-order valence-corrected chi connectivity index (χ4v) is 2.12. The smallest absolute Gasteiger partial charge is 0.191 e. The average Bonchev–Trinajstić information content (AvgIpc) is 2.04. The molecular weight excluding hydrogens is 162 g/mol. The summed E-state index contributed by atoms with van der Waals surface area (Å²) in [5.41, 5.74) is 5.92. The van der Waals surface area contributed by atoms with Gasteiger partial charge in [0.2, 0.25) is 0 Å². The quantitative estimate of drug-likeness (QED) is 0.495. The molecule has 0 spiro atoms. The van der Waals surface area contributed by atoms with Gasteiger partial charge in [-0.05, 0) is 40.0 Å². The van der Waals surface area contributed by atoms with Gasteiger partial charge >= 0.3 is 0 Å². The molecule has 1 rings (SSSR count). The second kappa shape index (κ2) is 4.49. The van der Waals surface area contributed by atoms with Gasteiger partial charge in [0.25, 0.3) is 0 Å². The number of likely N-dealkylation sites (tertiary alicyclic amines) is 1. The van der Waals surface area contributed by atoms with Gasteiger partial charge in [0.05, 0.1) is 0 Å². The second-order valence-electron chi connectivity index (χ2n) is 3.87. The average molecular weight is 183 g/mol. The van der Waals surface area contributed by atoms with Crippen LogP contribution in [0, 0.1) is 0 Å². The van der Waals surface area contributed by atoms with E-state index in [-0.39, 0.29) is 0 Å². The fraction of sp³-hybridized carbons (Fsp3) is 0.900. The Bertz CT molecular complexity index is 179. The topological polar surface area (TPSA) is 41.6 Å². The van der Waals surface area contributed by atoms with Crippen molar-refractivity contribution in [2.45, 2.75) is 52.1 Å². The lowest BCUT2D eigenvalue weighted by atomic mass is 9.98. The van der Waals surface area contributed by atoms with Crippen LogP contribution in [-0.4, -0.2) is 29.5 Å². The van der Waals surface area contributed by atoms with Crippen molar-refractivity contribution in [3.8, 4) is 0 Å². The van der Waals surface area contributed by atoms with Crippen LogP contribution in [0.3, 0.4) is 0 Å². The number of rotatable bonds is 1. The number of nitrogens with zero attached hydrogens (tertiary/aromatic N) is 2. The zero-order valence-corrected chi connectivity index (χ0v) is 8.95. The normalized spacial score (nSPS) is 30.7. The minimum atomic E-state index is 0.555. The number of aliphatic imine (C=N–C) groups is 1. The molecule has 13 heavy (non-hydrogen) atoms. The van der Waals surface area contributed by atoms with E-state index >= 15 is 0 Å². The van der Waals surface area contributed by atoms with Crippen LogP contribution in [0.1, 0.15) is 40.0 Å². The summed E-state index contributed by atoms with van der Waals surface area (Å²) in [4.78, 5) is 6.53. The predicted octanol–water partition coefficient (Wildman–Crippen LogP) is 1.58. The lowest BCUT2D eigenvalue weighted by Gasteiger charge is -2.39. The molecule has 3 heteroatoms. The van der Waals surface area contributed by atoms with E-state index in [0.717, 1.165) is 12.5 Å².